The molecule has 0 spiro atoms. The van der Waals surface area contributed by atoms with Crippen LogP contribution in [0.3, 0.4) is 0 Å². The highest BCUT2D eigenvalue weighted by molar-refractivity contribution is 9.10. The van der Waals surface area contributed by atoms with Crippen LogP contribution in [-0.2, 0) is 13.2 Å². The van der Waals surface area contributed by atoms with Crippen molar-refractivity contribution in [1.29, 1.82) is 0 Å². The molecular weight excluding hydrogens is 473 g/mol. The Morgan fingerprint density at radius 2 is 1.62 bits per heavy atom. The molecule has 0 saturated carbocycles. The van der Waals surface area contributed by atoms with E-state index in [1.165, 1.54) is 0 Å². The average molecular weight is 503 g/mol. The molecule has 6 heteroatoms. The number of benzene rings is 2. The molecule has 3 nitrogen and oxygen atoms in total. The minimum Gasteiger partial charge on any atom is -0.493 e. The first kappa shape index (κ1) is 24.3. The Hall–Kier alpha value is -0.940. The highest BCUT2D eigenvalue weighted by Crippen LogP contribution is 2.36. The van der Waals surface area contributed by atoms with E-state index in [9.17, 15) is 0 Å². The molecule has 1 N–H and O–H groups in total. The molecule has 0 heterocycles. The maximum absolute atomic E-state index is 6.24. The SMILES string of the molecule is COc1cc(CNC(C)(C)CC(C)(C)C)c(Br)cc1OCc1c(Cl)cccc1Cl. The second-order valence-electron chi connectivity index (χ2n) is 9.06. The zero-order valence-electron chi connectivity index (χ0n) is 18.0. The molecule has 2 aromatic carbocycles. The van der Waals surface area contributed by atoms with Crippen LogP contribution in [0.2, 0.25) is 10.0 Å². The van der Waals surface area contributed by atoms with Crippen LogP contribution in [0.15, 0.2) is 34.8 Å². The lowest BCUT2D eigenvalue weighted by molar-refractivity contribution is 0.240. The number of nitrogens with one attached hydrogen (secondary N) is 1. The molecule has 29 heavy (non-hydrogen) atoms. The van der Waals surface area contributed by atoms with E-state index in [-0.39, 0.29) is 17.6 Å². The molecule has 0 aliphatic rings. The fourth-order valence-corrected chi connectivity index (χ4v) is 4.50. The van der Waals surface area contributed by atoms with E-state index >= 15 is 0 Å². The predicted octanol–water partition coefficient (Wildman–Crippen LogP) is 7.65. The average Bonchev–Trinajstić information content (AvgIpc) is 2.58. The van der Waals surface area contributed by atoms with Gasteiger partial charge < -0.3 is 14.8 Å². The van der Waals surface area contributed by atoms with Crippen LogP contribution >= 0.6 is 39.1 Å². The van der Waals surface area contributed by atoms with Crippen LogP contribution in [0.1, 0.15) is 52.2 Å². The monoisotopic (exact) mass is 501 g/mol. The van der Waals surface area contributed by atoms with Gasteiger partial charge in [0, 0.05) is 32.2 Å². The van der Waals surface area contributed by atoms with Crippen molar-refractivity contribution >= 4 is 39.1 Å². The maximum atomic E-state index is 6.24. The summed E-state index contributed by atoms with van der Waals surface area (Å²) in [7, 11) is 1.64. The summed E-state index contributed by atoms with van der Waals surface area (Å²) in [6.45, 7) is 12.2. The number of ether oxygens (including phenoxy) is 2. The zero-order chi connectivity index (χ0) is 21.8. The highest BCUT2D eigenvalue weighted by atomic mass is 79.9. The van der Waals surface area contributed by atoms with Gasteiger partial charge >= 0.3 is 0 Å². The lowest BCUT2D eigenvalue weighted by Crippen LogP contribution is -2.41. The Balaban J connectivity index is 2.14. The Morgan fingerprint density at radius 1 is 1.00 bits per heavy atom. The van der Waals surface area contributed by atoms with Gasteiger partial charge in [0.2, 0.25) is 0 Å². The summed E-state index contributed by atoms with van der Waals surface area (Å²) in [5, 5.41) is 4.82. The van der Waals surface area contributed by atoms with Crippen molar-refractivity contribution in [3.63, 3.8) is 0 Å². The van der Waals surface area contributed by atoms with Gasteiger partial charge in [0.15, 0.2) is 11.5 Å². The fourth-order valence-electron chi connectivity index (χ4n) is 3.53. The van der Waals surface area contributed by atoms with E-state index in [0.717, 1.165) is 28.6 Å². The van der Waals surface area contributed by atoms with Gasteiger partial charge in [-0.25, -0.2) is 0 Å². The summed E-state index contributed by atoms with van der Waals surface area (Å²) in [6.07, 6.45) is 1.06. The zero-order valence-corrected chi connectivity index (χ0v) is 21.1. The molecule has 0 radical (unpaired) electrons. The largest absolute Gasteiger partial charge is 0.493 e. The summed E-state index contributed by atoms with van der Waals surface area (Å²) in [4.78, 5) is 0. The van der Waals surface area contributed by atoms with Crippen molar-refractivity contribution < 1.29 is 9.47 Å². The molecule has 0 amide bonds. The molecule has 0 fully saturated rings. The van der Waals surface area contributed by atoms with Crippen LogP contribution in [-0.4, -0.2) is 12.6 Å². The van der Waals surface area contributed by atoms with Crippen molar-refractivity contribution in [2.75, 3.05) is 7.11 Å². The standard InChI is InChI=1S/C23H30BrCl2NO2/c1-22(2,3)14-23(4,5)27-12-15-10-20(28-6)21(11-17(15)24)29-13-16-18(25)8-7-9-19(16)26/h7-11,27H,12-14H2,1-6H3. The highest BCUT2D eigenvalue weighted by Gasteiger charge is 2.25. The lowest BCUT2D eigenvalue weighted by Gasteiger charge is -2.33. The maximum Gasteiger partial charge on any atom is 0.162 e. The molecule has 0 unspecified atom stereocenters. The first-order chi connectivity index (χ1) is 13.4. The first-order valence-corrected chi connectivity index (χ1v) is 11.1. The molecule has 2 rings (SSSR count). The van der Waals surface area contributed by atoms with E-state index in [0.29, 0.717) is 21.5 Å². The summed E-state index contributed by atoms with van der Waals surface area (Å²) in [5.41, 5.74) is 2.12. The van der Waals surface area contributed by atoms with Crippen molar-refractivity contribution in [1.82, 2.24) is 5.32 Å². The van der Waals surface area contributed by atoms with Crippen molar-refractivity contribution in [3.05, 3.63) is 56.0 Å². The van der Waals surface area contributed by atoms with Gasteiger partial charge in [-0.3, -0.25) is 0 Å². The summed E-state index contributed by atoms with van der Waals surface area (Å²) in [5.74, 6) is 1.30. The second-order valence-corrected chi connectivity index (χ2v) is 10.7. The van der Waals surface area contributed by atoms with Gasteiger partial charge in [-0.05, 0) is 55.5 Å². The number of rotatable bonds is 8. The van der Waals surface area contributed by atoms with Gasteiger partial charge in [0.25, 0.3) is 0 Å². The Bertz CT molecular complexity index is 827. The predicted molar refractivity (Wildman–Crippen MR) is 126 cm³/mol. The molecule has 0 aromatic heterocycles. The number of hydrogen-bond donors (Lipinski definition) is 1. The summed E-state index contributed by atoms with van der Waals surface area (Å²) >= 11 is 16.2. The smallest absolute Gasteiger partial charge is 0.162 e. The molecule has 0 aliphatic heterocycles. The minimum absolute atomic E-state index is 0.0148. The lowest BCUT2D eigenvalue weighted by atomic mass is 9.82. The van der Waals surface area contributed by atoms with Crippen molar-refractivity contribution in [3.8, 4) is 11.5 Å². The molecule has 2 aromatic rings. The van der Waals surface area contributed by atoms with Crippen LogP contribution in [0.4, 0.5) is 0 Å². The normalized spacial score (nSPS) is 12.2. The number of methoxy groups -OCH3 is 1. The van der Waals surface area contributed by atoms with Gasteiger partial charge in [-0.1, -0.05) is 66.0 Å². The third-order valence-electron chi connectivity index (χ3n) is 4.50. The molecule has 0 atom stereocenters. The van der Waals surface area contributed by atoms with E-state index < -0.39 is 0 Å². The van der Waals surface area contributed by atoms with E-state index in [4.69, 9.17) is 32.7 Å². The Labute approximate surface area is 193 Å². The fraction of sp³-hybridized carbons (Fsp3) is 0.478. The van der Waals surface area contributed by atoms with Gasteiger partial charge in [-0.2, -0.15) is 0 Å². The van der Waals surface area contributed by atoms with Gasteiger partial charge in [0.1, 0.15) is 6.61 Å². The molecule has 0 aliphatic carbocycles. The third kappa shape index (κ3) is 7.36. The summed E-state index contributed by atoms with van der Waals surface area (Å²) < 4.78 is 12.5. The van der Waals surface area contributed by atoms with Crippen LogP contribution in [0, 0.1) is 5.41 Å². The van der Waals surface area contributed by atoms with E-state index in [1.54, 1.807) is 19.2 Å². The van der Waals surface area contributed by atoms with Crippen LogP contribution in [0.25, 0.3) is 0 Å². The van der Waals surface area contributed by atoms with Gasteiger partial charge in [0.05, 0.1) is 7.11 Å². The third-order valence-corrected chi connectivity index (χ3v) is 5.94. The van der Waals surface area contributed by atoms with Crippen LogP contribution < -0.4 is 14.8 Å². The molecule has 0 bridgehead atoms. The van der Waals surface area contributed by atoms with Crippen LogP contribution in [0.5, 0.6) is 11.5 Å². The second kappa shape index (κ2) is 9.91. The first-order valence-electron chi connectivity index (χ1n) is 9.59. The summed E-state index contributed by atoms with van der Waals surface area (Å²) in [6, 6.07) is 9.33. The quantitative estimate of drug-likeness (QED) is 0.402. The van der Waals surface area contributed by atoms with Crippen molar-refractivity contribution in [2.24, 2.45) is 5.41 Å². The molecule has 160 valence electrons. The number of halogens is 3. The van der Waals surface area contributed by atoms with E-state index in [1.807, 2.05) is 18.2 Å². The van der Waals surface area contributed by atoms with E-state index in [2.05, 4.69) is 55.9 Å². The minimum atomic E-state index is 0.0148. The number of hydrogen-bond acceptors (Lipinski definition) is 3. The van der Waals surface area contributed by atoms with Gasteiger partial charge in [-0.15, -0.1) is 0 Å². The van der Waals surface area contributed by atoms with Crippen molar-refractivity contribution in [2.45, 2.75) is 59.7 Å². The Kier molecular flexibility index (Phi) is 8.32. The molecule has 0 saturated heterocycles. The molecular formula is C23H30BrCl2NO2. The Morgan fingerprint density at radius 3 is 2.17 bits per heavy atom. The topological polar surface area (TPSA) is 30.5 Å².